The highest BCUT2D eigenvalue weighted by Gasteiger charge is 2.33. The SMILES string of the molecule is Cc1cnn(CCC(=O)N2CCCC2C(=O)O)c1. The summed E-state index contributed by atoms with van der Waals surface area (Å²) in [5.41, 5.74) is 1.05. The fraction of sp³-hybridized carbons (Fsp3) is 0.583. The first-order chi connectivity index (χ1) is 8.58. The van der Waals surface area contributed by atoms with E-state index in [0.717, 1.165) is 12.0 Å². The van der Waals surface area contributed by atoms with Crippen molar-refractivity contribution in [2.75, 3.05) is 6.54 Å². The summed E-state index contributed by atoms with van der Waals surface area (Å²) >= 11 is 0. The van der Waals surface area contributed by atoms with E-state index in [1.807, 2.05) is 13.1 Å². The second-order valence-electron chi connectivity index (χ2n) is 4.61. The van der Waals surface area contributed by atoms with Crippen LogP contribution >= 0.6 is 0 Å². The Bertz CT molecular complexity index is 455. The Morgan fingerprint density at radius 2 is 2.33 bits per heavy atom. The van der Waals surface area contributed by atoms with Gasteiger partial charge in [0.15, 0.2) is 0 Å². The Morgan fingerprint density at radius 3 is 2.94 bits per heavy atom. The number of aromatic nitrogens is 2. The van der Waals surface area contributed by atoms with Gasteiger partial charge in [0.05, 0.1) is 6.20 Å². The van der Waals surface area contributed by atoms with E-state index in [1.165, 1.54) is 4.90 Å². The maximum atomic E-state index is 12.0. The lowest BCUT2D eigenvalue weighted by Crippen LogP contribution is -2.40. The van der Waals surface area contributed by atoms with Crippen molar-refractivity contribution >= 4 is 11.9 Å². The molecule has 98 valence electrons. The topological polar surface area (TPSA) is 75.4 Å². The van der Waals surface area contributed by atoms with Gasteiger partial charge in [0.2, 0.25) is 5.91 Å². The van der Waals surface area contributed by atoms with Crippen LogP contribution < -0.4 is 0 Å². The van der Waals surface area contributed by atoms with Crippen molar-refractivity contribution in [1.29, 1.82) is 0 Å². The van der Waals surface area contributed by atoms with Gasteiger partial charge in [0, 0.05) is 25.7 Å². The van der Waals surface area contributed by atoms with Crippen LogP contribution in [0, 0.1) is 6.92 Å². The minimum absolute atomic E-state index is 0.104. The third-order valence-electron chi connectivity index (χ3n) is 3.18. The molecule has 0 spiro atoms. The molecule has 6 nitrogen and oxygen atoms in total. The number of carbonyl (C=O) groups is 2. The first kappa shape index (κ1) is 12.6. The molecule has 1 aliphatic heterocycles. The second kappa shape index (κ2) is 5.20. The van der Waals surface area contributed by atoms with E-state index in [0.29, 0.717) is 25.9 Å². The lowest BCUT2D eigenvalue weighted by molar-refractivity contribution is -0.148. The van der Waals surface area contributed by atoms with Crippen LogP contribution in [-0.2, 0) is 16.1 Å². The number of hydrogen-bond acceptors (Lipinski definition) is 3. The van der Waals surface area contributed by atoms with Crippen molar-refractivity contribution in [3.63, 3.8) is 0 Å². The first-order valence-electron chi connectivity index (χ1n) is 6.09. The van der Waals surface area contributed by atoms with Crippen LogP contribution in [0.2, 0.25) is 0 Å². The van der Waals surface area contributed by atoms with Crippen LogP contribution in [0.1, 0.15) is 24.8 Å². The van der Waals surface area contributed by atoms with Gasteiger partial charge in [-0.3, -0.25) is 9.48 Å². The monoisotopic (exact) mass is 251 g/mol. The van der Waals surface area contributed by atoms with Gasteiger partial charge in [-0.25, -0.2) is 4.79 Å². The van der Waals surface area contributed by atoms with Crippen molar-refractivity contribution in [2.45, 2.75) is 38.8 Å². The second-order valence-corrected chi connectivity index (χ2v) is 4.61. The number of carboxylic acid groups (broad SMARTS) is 1. The third kappa shape index (κ3) is 2.69. The van der Waals surface area contributed by atoms with Gasteiger partial charge in [-0.2, -0.15) is 5.10 Å². The molecule has 1 fully saturated rings. The molecule has 1 saturated heterocycles. The molecular formula is C12H17N3O3. The zero-order chi connectivity index (χ0) is 13.1. The summed E-state index contributed by atoms with van der Waals surface area (Å²) in [4.78, 5) is 24.4. The van der Waals surface area contributed by atoms with Crippen LogP contribution in [0.5, 0.6) is 0 Å². The van der Waals surface area contributed by atoms with E-state index >= 15 is 0 Å². The fourth-order valence-electron chi connectivity index (χ4n) is 2.26. The van der Waals surface area contributed by atoms with E-state index in [1.54, 1.807) is 10.9 Å². The number of likely N-dealkylation sites (tertiary alicyclic amines) is 1. The van der Waals surface area contributed by atoms with Crippen molar-refractivity contribution in [3.05, 3.63) is 18.0 Å². The van der Waals surface area contributed by atoms with Crippen LogP contribution in [0.25, 0.3) is 0 Å². The molecule has 18 heavy (non-hydrogen) atoms. The van der Waals surface area contributed by atoms with Gasteiger partial charge in [-0.1, -0.05) is 0 Å². The van der Waals surface area contributed by atoms with Gasteiger partial charge in [-0.05, 0) is 25.3 Å². The number of nitrogens with zero attached hydrogens (tertiary/aromatic N) is 3. The number of rotatable bonds is 4. The quantitative estimate of drug-likeness (QED) is 0.852. The van der Waals surface area contributed by atoms with Gasteiger partial charge in [0.1, 0.15) is 6.04 Å². The Balaban J connectivity index is 1.89. The standard InChI is InChI=1S/C12H17N3O3/c1-9-7-13-14(8-9)6-4-11(16)15-5-2-3-10(15)12(17)18/h7-8,10H,2-6H2,1H3,(H,17,18). The van der Waals surface area contributed by atoms with E-state index in [2.05, 4.69) is 5.10 Å². The molecule has 1 amide bonds. The van der Waals surface area contributed by atoms with E-state index in [9.17, 15) is 9.59 Å². The first-order valence-corrected chi connectivity index (χ1v) is 6.09. The van der Waals surface area contributed by atoms with Crippen molar-refractivity contribution in [3.8, 4) is 0 Å². The van der Waals surface area contributed by atoms with E-state index in [-0.39, 0.29) is 5.91 Å². The average molecular weight is 251 g/mol. The summed E-state index contributed by atoms with van der Waals surface area (Å²) < 4.78 is 1.71. The summed E-state index contributed by atoms with van der Waals surface area (Å²) in [6, 6.07) is -0.642. The molecule has 1 atom stereocenters. The number of carbonyl (C=O) groups excluding carboxylic acids is 1. The minimum Gasteiger partial charge on any atom is -0.480 e. The summed E-state index contributed by atoms with van der Waals surface area (Å²) in [7, 11) is 0. The molecule has 1 N–H and O–H groups in total. The molecule has 1 aromatic rings. The molecule has 6 heteroatoms. The highest BCUT2D eigenvalue weighted by atomic mass is 16.4. The number of aryl methyl sites for hydroxylation is 2. The largest absolute Gasteiger partial charge is 0.480 e. The Labute approximate surface area is 105 Å². The number of carboxylic acids is 1. The number of aliphatic carboxylic acids is 1. The molecule has 1 unspecified atom stereocenters. The summed E-state index contributed by atoms with van der Waals surface area (Å²) in [5.74, 6) is -1.01. The van der Waals surface area contributed by atoms with Crippen LogP contribution in [-0.4, -0.2) is 44.3 Å². The molecule has 2 rings (SSSR count). The molecule has 1 aliphatic rings. The van der Waals surface area contributed by atoms with Gasteiger partial charge in [-0.15, -0.1) is 0 Å². The molecule has 0 aromatic carbocycles. The van der Waals surface area contributed by atoms with Crippen molar-refractivity contribution in [1.82, 2.24) is 14.7 Å². The molecule has 0 radical (unpaired) electrons. The van der Waals surface area contributed by atoms with E-state index in [4.69, 9.17) is 5.11 Å². The summed E-state index contributed by atoms with van der Waals surface area (Å²) in [6.07, 6.45) is 5.22. The summed E-state index contributed by atoms with van der Waals surface area (Å²) in [6.45, 7) is 2.98. The van der Waals surface area contributed by atoms with Crippen LogP contribution in [0.4, 0.5) is 0 Å². The van der Waals surface area contributed by atoms with Gasteiger partial charge < -0.3 is 10.0 Å². The molecule has 0 bridgehead atoms. The smallest absolute Gasteiger partial charge is 0.326 e. The fourth-order valence-corrected chi connectivity index (χ4v) is 2.26. The van der Waals surface area contributed by atoms with Gasteiger partial charge >= 0.3 is 5.97 Å². The molecule has 2 heterocycles. The minimum atomic E-state index is -0.907. The molecule has 1 aromatic heterocycles. The molecular weight excluding hydrogens is 234 g/mol. The van der Waals surface area contributed by atoms with Gasteiger partial charge in [0.25, 0.3) is 0 Å². The zero-order valence-electron chi connectivity index (χ0n) is 10.4. The van der Waals surface area contributed by atoms with Crippen molar-refractivity contribution in [2.24, 2.45) is 0 Å². The van der Waals surface area contributed by atoms with E-state index < -0.39 is 12.0 Å². The highest BCUT2D eigenvalue weighted by molar-refractivity contribution is 5.84. The molecule has 0 saturated carbocycles. The number of hydrogen-bond donors (Lipinski definition) is 1. The maximum Gasteiger partial charge on any atom is 0.326 e. The Hall–Kier alpha value is -1.85. The highest BCUT2D eigenvalue weighted by Crippen LogP contribution is 2.18. The Kier molecular flexibility index (Phi) is 3.64. The predicted molar refractivity (Wildman–Crippen MR) is 64.0 cm³/mol. The lowest BCUT2D eigenvalue weighted by Gasteiger charge is -2.21. The van der Waals surface area contributed by atoms with Crippen LogP contribution in [0.3, 0.4) is 0 Å². The lowest BCUT2D eigenvalue weighted by atomic mass is 10.2. The molecule has 0 aliphatic carbocycles. The van der Waals surface area contributed by atoms with Crippen LogP contribution in [0.15, 0.2) is 12.4 Å². The normalized spacial score (nSPS) is 19.2. The summed E-state index contributed by atoms with van der Waals surface area (Å²) in [5, 5.41) is 13.1. The number of amides is 1. The Morgan fingerprint density at radius 1 is 1.56 bits per heavy atom. The maximum absolute atomic E-state index is 12.0. The van der Waals surface area contributed by atoms with Crippen molar-refractivity contribution < 1.29 is 14.7 Å². The zero-order valence-corrected chi connectivity index (χ0v) is 10.4. The third-order valence-corrected chi connectivity index (χ3v) is 3.18. The predicted octanol–water partition coefficient (Wildman–Crippen LogP) is 0.657. The average Bonchev–Trinajstić information content (AvgIpc) is 2.94.